The zero-order chi connectivity index (χ0) is 15.8. The van der Waals surface area contributed by atoms with Gasteiger partial charge < -0.3 is 10.4 Å². The van der Waals surface area contributed by atoms with Crippen LogP contribution in [0.2, 0.25) is 0 Å². The van der Waals surface area contributed by atoms with Crippen LogP contribution in [-0.2, 0) is 11.2 Å². The third-order valence-corrected chi connectivity index (χ3v) is 3.42. The van der Waals surface area contributed by atoms with Gasteiger partial charge in [-0.1, -0.05) is 48.5 Å². The lowest BCUT2D eigenvalue weighted by molar-refractivity contribution is -0.137. The van der Waals surface area contributed by atoms with Crippen LogP contribution < -0.4 is 5.32 Å². The van der Waals surface area contributed by atoms with Crippen LogP contribution in [0, 0.1) is 0 Å². The standard InChI is InChI=1S/C18H19NO3/c20-17(21)13-16(12-11-14-7-3-1-4-8-14)19-18(22)15-9-5-2-6-10-15/h1-10,16H,11-13H2,(H,19,22)(H,20,21)/t16-/m0/s1. The Hall–Kier alpha value is -2.62. The molecule has 2 aromatic carbocycles. The minimum Gasteiger partial charge on any atom is -0.481 e. The molecule has 0 aliphatic rings. The van der Waals surface area contributed by atoms with E-state index in [0.29, 0.717) is 12.0 Å². The first-order valence-corrected chi connectivity index (χ1v) is 7.27. The summed E-state index contributed by atoms with van der Waals surface area (Å²) in [4.78, 5) is 23.1. The second kappa shape index (κ2) is 7.98. The van der Waals surface area contributed by atoms with Crippen LogP contribution in [0.25, 0.3) is 0 Å². The van der Waals surface area contributed by atoms with E-state index in [0.717, 1.165) is 12.0 Å². The van der Waals surface area contributed by atoms with Crippen molar-refractivity contribution in [1.82, 2.24) is 5.32 Å². The zero-order valence-electron chi connectivity index (χ0n) is 12.2. The monoisotopic (exact) mass is 297 g/mol. The van der Waals surface area contributed by atoms with E-state index in [1.165, 1.54) is 0 Å². The highest BCUT2D eigenvalue weighted by atomic mass is 16.4. The number of nitrogens with one attached hydrogen (secondary N) is 1. The molecular formula is C18H19NO3. The Morgan fingerprint density at radius 2 is 1.55 bits per heavy atom. The second-order valence-electron chi connectivity index (χ2n) is 5.16. The summed E-state index contributed by atoms with van der Waals surface area (Å²) in [7, 11) is 0. The Labute approximate surface area is 129 Å². The van der Waals surface area contributed by atoms with Crippen molar-refractivity contribution in [3.8, 4) is 0 Å². The van der Waals surface area contributed by atoms with Gasteiger partial charge in [-0.05, 0) is 30.5 Å². The van der Waals surface area contributed by atoms with Gasteiger partial charge >= 0.3 is 5.97 Å². The largest absolute Gasteiger partial charge is 0.481 e. The van der Waals surface area contributed by atoms with Gasteiger partial charge in [-0.3, -0.25) is 9.59 Å². The molecule has 1 amide bonds. The van der Waals surface area contributed by atoms with Crippen LogP contribution >= 0.6 is 0 Å². The first-order valence-electron chi connectivity index (χ1n) is 7.27. The highest BCUT2D eigenvalue weighted by molar-refractivity contribution is 5.94. The highest BCUT2D eigenvalue weighted by Crippen LogP contribution is 2.09. The first kappa shape index (κ1) is 15.8. The van der Waals surface area contributed by atoms with Crippen LogP contribution in [0.1, 0.15) is 28.8 Å². The van der Waals surface area contributed by atoms with E-state index in [-0.39, 0.29) is 18.4 Å². The normalized spacial score (nSPS) is 11.6. The molecule has 0 radical (unpaired) electrons. The molecule has 0 unspecified atom stereocenters. The number of hydrogen-bond donors (Lipinski definition) is 2. The number of rotatable bonds is 7. The molecule has 0 saturated heterocycles. The van der Waals surface area contributed by atoms with E-state index in [2.05, 4.69) is 5.32 Å². The third kappa shape index (κ3) is 5.05. The summed E-state index contributed by atoms with van der Waals surface area (Å²) in [6.07, 6.45) is 1.24. The number of amides is 1. The summed E-state index contributed by atoms with van der Waals surface area (Å²) in [5.74, 6) is -1.15. The van der Waals surface area contributed by atoms with Gasteiger partial charge in [0.1, 0.15) is 0 Å². The molecule has 0 saturated carbocycles. The molecule has 0 spiro atoms. The van der Waals surface area contributed by atoms with Crippen molar-refractivity contribution in [3.63, 3.8) is 0 Å². The molecule has 1 atom stereocenters. The van der Waals surface area contributed by atoms with E-state index in [9.17, 15) is 9.59 Å². The topological polar surface area (TPSA) is 66.4 Å². The Balaban J connectivity index is 1.97. The van der Waals surface area contributed by atoms with Crippen molar-refractivity contribution in [2.45, 2.75) is 25.3 Å². The second-order valence-corrected chi connectivity index (χ2v) is 5.16. The van der Waals surface area contributed by atoms with Gasteiger partial charge in [-0.25, -0.2) is 0 Å². The minimum atomic E-state index is -0.911. The van der Waals surface area contributed by atoms with E-state index in [1.54, 1.807) is 24.3 Å². The van der Waals surface area contributed by atoms with Crippen molar-refractivity contribution in [2.75, 3.05) is 0 Å². The van der Waals surface area contributed by atoms with E-state index >= 15 is 0 Å². The van der Waals surface area contributed by atoms with Gasteiger partial charge in [0.25, 0.3) is 5.91 Å². The molecule has 0 bridgehead atoms. The molecular weight excluding hydrogens is 278 g/mol. The maximum Gasteiger partial charge on any atom is 0.305 e. The van der Waals surface area contributed by atoms with Gasteiger partial charge in [0.05, 0.1) is 6.42 Å². The predicted molar refractivity (Wildman–Crippen MR) is 84.7 cm³/mol. The summed E-state index contributed by atoms with van der Waals surface area (Å²) < 4.78 is 0. The molecule has 0 aromatic heterocycles. The summed E-state index contributed by atoms with van der Waals surface area (Å²) in [5.41, 5.74) is 1.67. The summed E-state index contributed by atoms with van der Waals surface area (Å²) in [6, 6.07) is 18.3. The zero-order valence-corrected chi connectivity index (χ0v) is 12.2. The van der Waals surface area contributed by atoms with Gasteiger partial charge in [0.15, 0.2) is 0 Å². The van der Waals surface area contributed by atoms with E-state index in [1.807, 2.05) is 36.4 Å². The van der Waals surface area contributed by atoms with Crippen molar-refractivity contribution < 1.29 is 14.7 Å². The van der Waals surface area contributed by atoms with Gasteiger partial charge in [-0.2, -0.15) is 0 Å². The SMILES string of the molecule is O=C(O)C[C@H](CCc1ccccc1)NC(=O)c1ccccc1. The number of carboxylic acid groups (broad SMARTS) is 1. The van der Waals surface area contributed by atoms with Crippen LogP contribution in [0.4, 0.5) is 0 Å². The highest BCUT2D eigenvalue weighted by Gasteiger charge is 2.16. The Bertz CT molecular complexity index is 611. The summed E-state index contributed by atoms with van der Waals surface area (Å²) in [5, 5.41) is 11.8. The molecule has 0 heterocycles. The fourth-order valence-corrected chi connectivity index (χ4v) is 2.28. The average Bonchev–Trinajstić information content (AvgIpc) is 2.54. The van der Waals surface area contributed by atoms with Crippen LogP contribution in [0.3, 0.4) is 0 Å². The van der Waals surface area contributed by atoms with Crippen LogP contribution in [0.15, 0.2) is 60.7 Å². The fraction of sp³-hybridized carbons (Fsp3) is 0.222. The Morgan fingerprint density at radius 1 is 0.955 bits per heavy atom. The Morgan fingerprint density at radius 3 is 2.14 bits per heavy atom. The van der Waals surface area contributed by atoms with Crippen LogP contribution in [0.5, 0.6) is 0 Å². The van der Waals surface area contributed by atoms with Crippen LogP contribution in [-0.4, -0.2) is 23.0 Å². The molecule has 0 aliphatic carbocycles. The maximum absolute atomic E-state index is 12.1. The van der Waals surface area contributed by atoms with E-state index in [4.69, 9.17) is 5.11 Å². The Kier molecular flexibility index (Phi) is 5.72. The minimum absolute atomic E-state index is 0.0780. The fourth-order valence-electron chi connectivity index (χ4n) is 2.28. The summed E-state index contributed by atoms with van der Waals surface area (Å²) >= 11 is 0. The van der Waals surface area contributed by atoms with Gasteiger partial charge in [0.2, 0.25) is 0 Å². The van der Waals surface area contributed by atoms with Gasteiger partial charge in [0, 0.05) is 11.6 Å². The molecule has 4 nitrogen and oxygen atoms in total. The quantitative estimate of drug-likeness (QED) is 0.826. The first-order chi connectivity index (χ1) is 10.6. The third-order valence-electron chi connectivity index (χ3n) is 3.42. The lowest BCUT2D eigenvalue weighted by atomic mass is 10.0. The van der Waals surface area contributed by atoms with Crippen molar-refractivity contribution in [1.29, 1.82) is 0 Å². The number of aliphatic carboxylic acids is 1. The molecule has 0 aliphatic heterocycles. The lowest BCUT2D eigenvalue weighted by Crippen LogP contribution is -2.36. The molecule has 2 rings (SSSR count). The number of carbonyl (C=O) groups is 2. The number of aryl methyl sites for hydroxylation is 1. The number of carbonyl (C=O) groups excluding carboxylic acids is 1. The maximum atomic E-state index is 12.1. The average molecular weight is 297 g/mol. The summed E-state index contributed by atoms with van der Waals surface area (Å²) in [6.45, 7) is 0. The molecule has 22 heavy (non-hydrogen) atoms. The molecule has 114 valence electrons. The number of hydrogen-bond acceptors (Lipinski definition) is 2. The van der Waals surface area contributed by atoms with E-state index < -0.39 is 5.97 Å². The van der Waals surface area contributed by atoms with Crippen molar-refractivity contribution in [2.24, 2.45) is 0 Å². The van der Waals surface area contributed by atoms with Gasteiger partial charge in [-0.15, -0.1) is 0 Å². The van der Waals surface area contributed by atoms with Crippen molar-refractivity contribution >= 4 is 11.9 Å². The van der Waals surface area contributed by atoms with Crippen molar-refractivity contribution in [3.05, 3.63) is 71.8 Å². The molecule has 0 fully saturated rings. The number of benzene rings is 2. The molecule has 2 N–H and O–H groups in total. The predicted octanol–water partition coefficient (Wildman–Crippen LogP) is 2.89. The molecule has 2 aromatic rings. The lowest BCUT2D eigenvalue weighted by Gasteiger charge is -2.17. The number of carboxylic acids is 1. The smallest absolute Gasteiger partial charge is 0.305 e. The molecule has 4 heteroatoms.